The van der Waals surface area contributed by atoms with Gasteiger partial charge in [-0.25, -0.2) is 0 Å². The summed E-state index contributed by atoms with van der Waals surface area (Å²) in [5.74, 6) is 2.28. The SMILES string of the molecule is CCSCCNCC(C)(O)CN(C)C. The van der Waals surface area contributed by atoms with Crippen molar-refractivity contribution < 1.29 is 5.11 Å². The number of thioether (sulfide) groups is 1. The smallest absolute Gasteiger partial charge is 0.0869 e. The van der Waals surface area contributed by atoms with Crippen molar-refractivity contribution in [3.8, 4) is 0 Å². The van der Waals surface area contributed by atoms with E-state index < -0.39 is 5.60 Å². The quantitative estimate of drug-likeness (QED) is 0.589. The molecule has 0 aromatic carbocycles. The minimum Gasteiger partial charge on any atom is -0.388 e. The van der Waals surface area contributed by atoms with E-state index in [1.165, 1.54) is 0 Å². The molecule has 1 atom stereocenters. The van der Waals surface area contributed by atoms with E-state index in [9.17, 15) is 5.11 Å². The predicted molar refractivity (Wildman–Crippen MR) is 65.0 cm³/mol. The van der Waals surface area contributed by atoms with Crippen LogP contribution < -0.4 is 5.32 Å². The van der Waals surface area contributed by atoms with Crippen molar-refractivity contribution >= 4 is 11.8 Å². The van der Waals surface area contributed by atoms with Crippen molar-refractivity contribution in [1.29, 1.82) is 0 Å². The molecule has 0 saturated heterocycles. The van der Waals surface area contributed by atoms with Crippen molar-refractivity contribution in [2.45, 2.75) is 19.4 Å². The number of hydrogen-bond donors (Lipinski definition) is 2. The van der Waals surface area contributed by atoms with Crippen LogP contribution in [0, 0.1) is 0 Å². The average Bonchev–Trinajstić information content (AvgIpc) is 2.01. The van der Waals surface area contributed by atoms with E-state index in [1.54, 1.807) is 0 Å². The van der Waals surface area contributed by atoms with Gasteiger partial charge in [-0.1, -0.05) is 6.92 Å². The molecule has 0 aliphatic carbocycles. The lowest BCUT2D eigenvalue weighted by atomic mass is 10.1. The molecule has 0 aromatic rings. The van der Waals surface area contributed by atoms with E-state index in [1.807, 2.05) is 37.7 Å². The molecule has 0 spiro atoms. The second kappa shape index (κ2) is 7.51. The first-order valence-corrected chi connectivity index (χ1v) is 6.29. The van der Waals surface area contributed by atoms with Crippen molar-refractivity contribution in [2.24, 2.45) is 0 Å². The summed E-state index contributed by atoms with van der Waals surface area (Å²) in [6, 6.07) is 0. The second-order valence-corrected chi connectivity index (χ2v) is 5.50. The number of nitrogens with one attached hydrogen (secondary N) is 1. The monoisotopic (exact) mass is 220 g/mol. The highest BCUT2D eigenvalue weighted by atomic mass is 32.2. The molecule has 0 aliphatic heterocycles. The van der Waals surface area contributed by atoms with Crippen LogP contribution in [0.1, 0.15) is 13.8 Å². The normalized spacial score (nSPS) is 15.9. The van der Waals surface area contributed by atoms with Gasteiger partial charge in [-0.3, -0.25) is 0 Å². The summed E-state index contributed by atoms with van der Waals surface area (Å²) in [5, 5.41) is 13.2. The lowest BCUT2D eigenvalue weighted by Crippen LogP contribution is -2.46. The van der Waals surface area contributed by atoms with Gasteiger partial charge in [-0.05, 0) is 26.8 Å². The van der Waals surface area contributed by atoms with Crippen molar-refractivity contribution in [2.75, 3.05) is 45.2 Å². The number of aliphatic hydroxyl groups is 1. The van der Waals surface area contributed by atoms with Crippen LogP contribution in [-0.4, -0.2) is 60.8 Å². The summed E-state index contributed by atoms with van der Waals surface area (Å²) in [7, 11) is 3.95. The topological polar surface area (TPSA) is 35.5 Å². The Balaban J connectivity index is 3.45. The second-order valence-electron chi connectivity index (χ2n) is 4.11. The van der Waals surface area contributed by atoms with Gasteiger partial charge in [0.05, 0.1) is 5.60 Å². The predicted octanol–water partition coefficient (Wildman–Crippen LogP) is 0.642. The molecular weight excluding hydrogens is 196 g/mol. The molecular formula is C10H24N2OS. The zero-order valence-corrected chi connectivity index (χ0v) is 10.7. The van der Waals surface area contributed by atoms with Crippen LogP contribution in [0.2, 0.25) is 0 Å². The van der Waals surface area contributed by atoms with Gasteiger partial charge in [0.25, 0.3) is 0 Å². The van der Waals surface area contributed by atoms with Crippen LogP contribution in [0.15, 0.2) is 0 Å². The zero-order valence-electron chi connectivity index (χ0n) is 9.84. The Morgan fingerprint density at radius 2 is 2.07 bits per heavy atom. The molecule has 4 heteroatoms. The van der Waals surface area contributed by atoms with E-state index >= 15 is 0 Å². The first-order chi connectivity index (χ1) is 6.48. The van der Waals surface area contributed by atoms with E-state index in [-0.39, 0.29) is 0 Å². The standard InChI is InChI=1S/C10H24N2OS/c1-5-14-7-6-11-8-10(2,13)9-12(3)4/h11,13H,5-9H2,1-4H3. The molecule has 0 bridgehead atoms. The molecule has 0 fully saturated rings. The molecule has 3 nitrogen and oxygen atoms in total. The molecule has 0 heterocycles. The first kappa shape index (κ1) is 14.2. The van der Waals surface area contributed by atoms with Crippen molar-refractivity contribution in [3.05, 3.63) is 0 Å². The van der Waals surface area contributed by atoms with E-state index in [0.717, 1.165) is 18.1 Å². The summed E-state index contributed by atoms with van der Waals surface area (Å²) in [5.41, 5.74) is -0.625. The van der Waals surface area contributed by atoms with Gasteiger partial charge >= 0.3 is 0 Å². The van der Waals surface area contributed by atoms with Crippen molar-refractivity contribution in [1.82, 2.24) is 10.2 Å². The fourth-order valence-electron chi connectivity index (χ4n) is 1.38. The molecule has 0 aliphatic rings. The summed E-state index contributed by atoms with van der Waals surface area (Å²) >= 11 is 1.92. The molecule has 1 unspecified atom stereocenters. The Morgan fingerprint density at radius 3 is 2.57 bits per heavy atom. The van der Waals surface area contributed by atoms with Gasteiger partial charge in [0, 0.05) is 25.4 Å². The third-order valence-corrected chi connectivity index (χ3v) is 2.69. The maximum Gasteiger partial charge on any atom is 0.0869 e. The summed E-state index contributed by atoms with van der Waals surface area (Å²) in [6.07, 6.45) is 0. The highest BCUT2D eigenvalue weighted by molar-refractivity contribution is 7.99. The molecule has 0 radical (unpaired) electrons. The van der Waals surface area contributed by atoms with Crippen LogP contribution >= 0.6 is 11.8 Å². The Bertz CT molecular complexity index is 140. The number of rotatable bonds is 8. The van der Waals surface area contributed by atoms with E-state index in [2.05, 4.69) is 12.2 Å². The van der Waals surface area contributed by atoms with Crippen molar-refractivity contribution in [3.63, 3.8) is 0 Å². The fourth-order valence-corrected chi connectivity index (χ4v) is 1.96. The minimum absolute atomic E-state index is 0.625. The third kappa shape index (κ3) is 8.81. The van der Waals surface area contributed by atoms with Crippen LogP contribution in [0.3, 0.4) is 0 Å². The van der Waals surface area contributed by atoms with Gasteiger partial charge in [0.1, 0.15) is 0 Å². The molecule has 14 heavy (non-hydrogen) atoms. The molecule has 86 valence electrons. The molecule has 0 saturated carbocycles. The van der Waals surface area contributed by atoms with Crippen LogP contribution in [0.4, 0.5) is 0 Å². The number of likely N-dealkylation sites (N-methyl/N-ethyl adjacent to an activating group) is 1. The van der Waals surface area contributed by atoms with Gasteiger partial charge < -0.3 is 15.3 Å². The minimum atomic E-state index is -0.625. The van der Waals surface area contributed by atoms with E-state index in [0.29, 0.717) is 13.1 Å². The Hall–Kier alpha value is 0.230. The fraction of sp³-hybridized carbons (Fsp3) is 1.00. The maximum absolute atomic E-state index is 9.93. The third-order valence-electron chi connectivity index (χ3n) is 1.79. The zero-order chi connectivity index (χ0) is 11.0. The van der Waals surface area contributed by atoms with Gasteiger partial charge in [-0.15, -0.1) is 0 Å². The summed E-state index contributed by atoms with van der Waals surface area (Å²) < 4.78 is 0. The van der Waals surface area contributed by atoms with Gasteiger partial charge in [-0.2, -0.15) is 11.8 Å². The lowest BCUT2D eigenvalue weighted by molar-refractivity contribution is 0.0344. The van der Waals surface area contributed by atoms with Crippen LogP contribution in [0.25, 0.3) is 0 Å². The Morgan fingerprint density at radius 1 is 1.43 bits per heavy atom. The first-order valence-electron chi connectivity index (χ1n) is 5.13. The van der Waals surface area contributed by atoms with Gasteiger partial charge in [0.2, 0.25) is 0 Å². The summed E-state index contributed by atoms with van der Waals surface area (Å²) in [6.45, 7) is 6.36. The van der Waals surface area contributed by atoms with E-state index in [4.69, 9.17) is 0 Å². The molecule has 2 N–H and O–H groups in total. The maximum atomic E-state index is 9.93. The number of nitrogens with zero attached hydrogens (tertiary/aromatic N) is 1. The largest absolute Gasteiger partial charge is 0.388 e. The lowest BCUT2D eigenvalue weighted by Gasteiger charge is -2.27. The number of hydrogen-bond acceptors (Lipinski definition) is 4. The Kier molecular flexibility index (Phi) is 7.64. The highest BCUT2D eigenvalue weighted by Gasteiger charge is 2.20. The van der Waals surface area contributed by atoms with Gasteiger partial charge in [0.15, 0.2) is 0 Å². The average molecular weight is 220 g/mol. The molecule has 0 amide bonds. The Labute approximate surface area is 92.3 Å². The van der Waals surface area contributed by atoms with Crippen LogP contribution in [0.5, 0.6) is 0 Å². The molecule has 0 rings (SSSR count). The summed E-state index contributed by atoms with van der Waals surface area (Å²) in [4.78, 5) is 2.00. The highest BCUT2D eigenvalue weighted by Crippen LogP contribution is 2.02. The molecule has 0 aromatic heterocycles. The van der Waals surface area contributed by atoms with Crippen LogP contribution in [-0.2, 0) is 0 Å².